The van der Waals surface area contributed by atoms with Crippen LogP contribution in [0.15, 0.2) is 23.3 Å². The number of hydrogen-bond acceptors (Lipinski definition) is 3. The molecule has 0 radical (unpaired) electrons. The van der Waals surface area contributed by atoms with Gasteiger partial charge in [0, 0.05) is 32.4 Å². The van der Waals surface area contributed by atoms with Gasteiger partial charge in [0.15, 0.2) is 5.96 Å². The molecule has 0 unspecified atom stereocenters. The predicted molar refractivity (Wildman–Crippen MR) is 103 cm³/mol. The Hall–Kier alpha value is -1.78. The molecule has 0 amide bonds. The molecule has 1 aromatic rings. The Bertz CT molecular complexity index is 475. The molecule has 0 aromatic carbocycles. The SMILES string of the molecule is CCCCNC(=NCc1ccc(N2CCCCCC2)nc1)NCC. The summed E-state index contributed by atoms with van der Waals surface area (Å²) in [7, 11) is 0. The number of nitrogens with zero attached hydrogens (tertiary/aromatic N) is 3. The largest absolute Gasteiger partial charge is 0.357 e. The van der Waals surface area contributed by atoms with Crippen LogP contribution in [0.5, 0.6) is 0 Å². The van der Waals surface area contributed by atoms with Crippen molar-refractivity contribution < 1.29 is 0 Å². The molecule has 0 aliphatic carbocycles. The maximum atomic E-state index is 4.66. The molecule has 2 rings (SSSR count). The molecule has 0 spiro atoms. The fourth-order valence-corrected chi connectivity index (χ4v) is 2.89. The number of aliphatic imine (C=N–C) groups is 1. The first-order valence-electron chi connectivity index (χ1n) is 9.55. The minimum atomic E-state index is 0.661. The van der Waals surface area contributed by atoms with Gasteiger partial charge in [-0.1, -0.05) is 32.3 Å². The fraction of sp³-hybridized carbons (Fsp3) is 0.684. The number of anilines is 1. The van der Waals surface area contributed by atoms with Gasteiger partial charge in [-0.3, -0.25) is 0 Å². The highest BCUT2D eigenvalue weighted by molar-refractivity contribution is 5.79. The number of nitrogens with one attached hydrogen (secondary N) is 2. The molecule has 1 fully saturated rings. The topological polar surface area (TPSA) is 52.6 Å². The van der Waals surface area contributed by atoms with Crippen LogP contribution in [0.3, 0.4) is 0 Å². The Labute approximate surface area is 147 Å². The van der Waals surface area contributed by atoms with E-state index in [-0.39, 0.29) is 0 Å². The van der Waals surface area contributed by atoms with E-state index in [1.165, 1.54) is 32.1 Å². The van der Waals surface area contributed by atoms with Gasteiger partial charge in [0.25, 0.3) is 0 Å². The van der Waals surface area contributed by atoms with Crippen LogP contribution in [-0.4, -0.2) is 37.1 Å². The maximum Gasteiger partial charge on any atom is 0.191 e. The van der Waals surface area contributed by atoms with Crippen molar-refractivity contribution in [2.75, 3.05) is 31.1 Å². The van der Waals surface area contributed by atoms with Crippen LogP contribution in [0.2, 0.25) is 0 Å². The highest BCUT2D eigenvalue weighted by Crippen LogP contribution is 2.17. The zero-order valence-electron chi connectivity index (χ0n) is 15.4. The van der Waals surface area contributed by atoms with E-state index in [1.54, 1.807) is 0 Å². The van der Waals surface area contributed by atoms with Gasteiger partial charge in [0.1, 0.15) is 5.82 Å². The number of rotatable bonds is 7. The third-order valence-electron chi connectivity index (χ3n) is 4.33. The molecule has 134 valence electrons. The van der Waals surface area contributed by atoms with Crippen LogP contribution in [0, 0.1) is 0 Å². The first kappa shape index (κ1) is 18.6. The van der Waals surface area contributed by atoms with E-state index in [0.29, 0.717) is 6.54 Å². The summed E-state index contributed by atoms with van der Waals surface area (Å²) >= 11 is 0. The normalized spacial score (nSPS) is 15.9. The summed E-state index contributed by atoms with van der Waals surface area (Å²) in [5.41, 5.74) is 1.15. The summed E-state index contributed by atoms with van der Waals surface area (Å²) in [5.74, 6) is 2.00. The zero-order chi connectivity index (χ0) is 17.0. The van der Waals surface area contributed by atoms with Gasteiger partial charge in [0.05, 0.1) is 6.54 Å². The lowest BCUT2D eigenvalue weighted by molar-refractivity contribution is 0.726. The van der Waals surface area contributed by atoms with Gasteiger partial charge in [-0.15, -0.1) is 0 Å². The molecule has 0 saturated carbocycles. The van der Waals surface area contributed by atoms with E-state index < -0.39 is 0 Å². The smallest absolute Gasteiger partial charge is 0.191 e. The van der Waals surface area contributed by atoms with Crippen molar-refractivity contribution in [1.29, 1.82) is 0 Å². The molecule has 24 heavy (non-hydrogen) atoms. The van der Waals surface area contributed by atoms with Crippen LogP contribution in [0.4, 0.5) is 5.82 Å². The summed E-state index contributed by atoms with van der Waals surface area (Å²) in [6.07, 6.45) is 9.58. The van der Waals surface area contributed by atoms with Crippen molar-refractivity contribution in [2.45, 2.75) is 58.9 Å². The first-order valence-corrected chi connectivity index (χ1v) is 9.55. The lowest BCUT2D eigenvalue weighted by Gasteiger charge is -2.21. The molecule has 2 heterocycles. The third-order valence-corrected chi connectivity index (χ3v) is 4.33. The average molecular weight is 332 g/mol. The van der Waals surface area contributed by atoms with Gasteiger partial charge in [0.2, 0.25) is 0 Å². The number of guanidine groups is 1. The van der Waals surface area contributed by atoms with Crippen LogP contribution in [-0.2, 0) is 6.54 Å². The van der Waals surface area contributed by atoms with Gasteiger partial charge in [-0.2, -0.15) is 0 Å². The third kappa shape index (κ3) is 6.38. The van der Waals surface area contributed by atoms with Crippen molar-refractivity contribution in [2.24, 2.45) is 4.99 Å². The molecule has 1 aliphatic heterocycles. The summed E-state index contributed by atoms with van der Waals surface area (Å²) in [6.45, 7) is 9.07. The lowest BCUT2D eigenvalue weighted by atomic mass is 10.2. The number of hydrogen-bond donors (Lipinski definition) is 2. The van der Waals surface area contributed by atoms with Crippen LogP contribution in [0.25, 0.3) is 0 Å². The van der Waals surface area contributed by atoms with Crippen molar-refractivity contribution in [3.63, 3.8) is 0 Å². The van der Waals surface area contributed by atoms with Crippen molar-refractivity contribution in [1.82, 2.24) is 15.6 Å². The van der Waals surface area contributed by atoms with E-state index in [9.17, 15) is 0 Å². The monoisotopic (exact) mass is 331 g/mol. The van der Waals surface area contributed by atoms with Crippen molar-refractivity contribution in [3.05, 3.63) is 23.9 Å². The lowest BCUT2D eigenvalue weighted by Crippen LogP contribution is -2.37. The second-order valence-electron chi connectivity index (χ2n) is 6.40. The summed E-state index contributed by atoms with van der Waals surface area (Å²) in [6, 6.07) is 4.31. The molecule has 1 aliphatic rings. The van der Waals surface area contributed by atoms with E-state index in [4.69, 9.17) is 0 Å². The summed E-state index contributed by atoms with van der Waals surface area (Å²) in [4.78, 5) is 11.7. The Balaban J connectivity index is 1.90. The van der Waals surface area contributed by atoms with Crippen LogP contribution < -0.4 is 15.5 Å². The van der Waals surface area contributed by atoms with Crippen LogP contribution in [0.1, 0.15) is 57.9 Å². The molecule has 2 N–H and O–H groups in total. The van der Waals surface area contributed by atoms with Crippen LogP contribution >= 0.6 is 0 Å². The van der Waals surface area contributed by atoms with Gasteiger partial charge in [-0.05, 0) is 37.8 Å². The molecule has 1 aromatic heterocycles. The van der Waals surface area contributed by atoms with E-state index in [1.807, 2.05) is 6.20 Å². The number of unbranched alkanes of at least 4 members (excludes halogenated alkanes) is 1. The molecular weight excluding hydrogens is 298 g/mol. The van der Waals surface area contributed by atoms with Gasteiger partial charge in [-0.25, -0.2) is 9.98 Å². The molecule has 5 nitrogen and oxygen atoms in total. The van der Waals surface area contributed by atoms with Crippen molar-refractivity contribution in [3.8, 4) is 0 Å². The average Bonchev–Trinajstić information content (AvgIpc) is 2.90. The maximum absolute atomic E-state index is 4.66. The van der Waals surface area contributed by atoms with E-state index >= 15 is 0 Å². The summed E-state index contributed by atoms with van der Waals surface area (Å²) < 4.78 is 0. The molecule has 0 atom stereocenters. The molecule has 0 bridgehead atoms. The van der Waals surface area contributed by atoms with E-state index in [2.05, 4.69) is 51.5 Å². The molecular formula is C19H33N5. The first-order chi connectivity index (χ1) is 11.8. The quantitative estimate of drug-likeness (QED) is 0.457. The minimum absolute atomic E-state index is 0.661. The van der Waals surface area contributed by atoms with Gasteiger partial charge < -0.3 is 15.5 Å². The highest BCUT2D eigenvalue weighted by Gasteiger charge is 2.10. The summed E-state index contributed by atoms with van der Waals surface area (Å²) in [5, 5.41) is 6.66. The Morgan fingerprint density at radius 1 is 1.12 bits per heavy atom. The number of aromatic nitrogens is 1. The van der Waals surface area contributed by atoms with Crippen molar-refractivity contribution >= 4 is 11.8 Å². The second-order valence-corrected chi connectivity index (χ2v) is 6.40. The molecule has 1 saturated heterocycles. The predicted octanol–water partition coefficient (Wildman–Crippen LogP) is 3.32. The fourth-order valence-electron chi connectivity index (χ4n) is 2.89. The Kier molecular flexibility index (Phi) is 8.42. The highest BCUT2D eigenvalue weighted by atomic mass is 15.2. The number of pyridine rings is 1. The van der Waals surface area contributed by atoms with Gasteiger partial charge >= 0.3 is 0 Å². The second kappa shape index (κ2) is 10.9. The standard InChI is InChI=1S/C19H33N5/c1-3-5-12-21-19(20-4-2)23-16-17-10-11-18(22-15-17)24-13-8-6-7-9-14-24/h10-11,15H,3-9,12-14,16H2,1-2H3,(H2,20,21,23). The Morgan fingerprint density at radius 2 is 1.92 bits per heavy atom. The Morgan fingerprint density at radius 3 is 2.54 bits per heavy atom. The van der Waals surface area contributed by atoms with E-state index in [0.717, 1.165) is 49.9 Å². The molecule has 5 heteroatoms. The minimum Gasteiger partial charge on any atom is -0.357 e. The zero-order valence-corrected chi connectivity index (χ0v) is 15.4.